The number of imide groups is 1. The lowest BCUT2D eigenvalue weighted by Crippen LogP contribution is -2.60. The number of benzene rings is 4. The van der Waals surface area contributed by atoms with Crippen molar-refractivity contribution in [1.82, 2.24) is 42.5 Å². The van der Waals surface area contributed by atoms with Gasteiger partial charge in [-0.05, 0) is 196 Å². The molecule has 0 aromatic heterocycles. The van der Waals surface area contributed by atoms with Crippen molar-refractivity contribution >= 4 is 86.3 Å². The fourth-order valence-electron chi connectivity index (χ4n) is 20.0. The van der Waals surface area contributed by atoms with Gasteiger partial charge in [0.15, 0.2) is 0 Å². The molecule has 752 valence electrons. The number of aryl methyl sites for hydroxylation is 2. The number of allylic oxidation sites excluding steroid dienone is 1. The number of unbranched alkanes of at least 4 members (excludes halogenated alkanes) is 1. The number of amides is 10. The van der Waals surface area contributed by atoms with E-state index in [0.717, 1.165) is 97.7 Å². The predicted molar refractivity (Wildman–Crippen MR) is 515 cm³/mol. The first-order valence-electron chi connectivity index (χ1n) is 48.8. The fraction of sp³-hybridized carbons (Fsp3) is 0.624. The Hall–Kier alpha value is -10.2. The molecule has 0 radical (unpaired) electrons. The number of para-hydroxylation sites is 1. The largest absolute Gasteiger partial charge is 0.399 e. The van der Waals surface area contributed by atoms with Crippen LogP contribution in [-0.2, 0) is 131 Å². The molecule has 5 aliphatic carbocycles. The molecule has 10 amide bonds. The number of nitrogens with one attached hydrogen (secondary N) is 10. The Morgan fingerprint density at radius 2 is 1.07 bits per heavy atom. The maximum Gasteiger partial charge on any atom is 0.266 e. The smallest absolute Gasteiger partial charge is 0.266 e. The quantitative estimate of drug-likeness (QED) is 0.00490. The van der Waals surface area contributed by atoms with E-state index in [1.165, 1.54) is 11.1 Å². The van der Waals surface area contributed by atoms with Gasteiger partial charge in [0.1, 0.15) is 36.5 Å². The van der Waals surface area contributed by atoms with Gasteiger partial charge >= 0.3 is 0 Å². The number of carbonyl (C=O) groups excluding carboxylic acids is 10. The summed E-state index contributed by atoms with van der Waals surface area (Å²) in [5.74, 6) is 1.26. The zero-order valence-electron chi connectivity index (χ0n) is 80.8. The van der Waals surface area contributed by atoms with E-state index in [2.05, 4.69) is 97.7 Å². The molecule has 1 aliphatic heterocycles. The van der Waals surface area contributed by atoms with Crippen LogP contribution in [0.4, 0.5) is 17.1 Å². The second kappa shape index (κ2) is 54.4. The molecular weight excluding hydrogens is 1780 g/mol. The van der Waals surface area contributed by atoms with Gasteiger partial charge in [-0.15, -0.1) is 0 Å². The van der Waals surface area contributed by atoms with Crippen LogP contribution in [0.25, 0.3) is 0 Å². The summed E-state index contributed by atoms with van der Waals surface area (Å²) < 4.78 is 81.4. The zero-order chi connectivity index (χ0) is 98.4. The molecule has 13 N–H and O–H groups in total. The van der Waals surface area contributed by atoms with Crippen molar-refractivity contribution in [2.24, 2.45) is 33.7 Å². The lowest BCUT2D eigenvalue weighted by molar-refractivity contribution is -0.150. The maximum atomic E-state index is 15.0. The van der Waals surface area contributed by atoms with Crippen LogP contribution in [0.5, 0.6) is 0 Å². The monoisotopic (exact) mass is 1920 g/mol. The molecule has 0 bridgehead atoms. The van der Waals surface area contributed by atoms with Crippen LogP contribution in [-0.4, -0.2) is 241 Å². The summed E-state index contributed by atoms with van der Waals surface area (Å²) in [7, 11) is -4.16. The van der Waals surface area contributed by atoms with Crippen molar-refractivity contribution in [3.63, 3.8) is 0 Å². The highest BCUT2D eigenvalue weighted by Gasteiger charge is 2.59. The van der Waals surface area contributed by atoms with Gasteiger partial charge < -0.3 is 95.8 Å². The molecule has 6 aliphatic rings. The van der Waals surface area contributed by atoms with Crippen molar-refractivity contribution < 1.29 is 104 Å². The Labute approximate surface area is 806 Å². The number of nitrogen functional groups attached to an aromatic ring is 1. The first-order valence-corrected chi connectivity index (χ1v) is 50.4. The Kier molecular flexibility index (Phi) is 43.2. The van der Waals surface area contributed by atoms with E-state index >= 15 is 4.79 Å². The molecule has 35 nitrogen and oxygen atoms in total. The third-order valence-electron chi connectivity index (χ3n) is 27.5. The van der Waals surface area contributed by atoms with Crippen LogP contribution < -0.4 is 58.5 Å². The predicted octanol–water partition coefficient (Wildman–Crippen LogP) is 8.93. The fourth-order valence-corrected chi connectivity index (χ4v) is 20.4. The zero-order valence-corrected chi connectivity index (χ0v) is 81.7. The molecule has 0 saturated heterocycles. The van der Waals surface area contributed by atoms with Gasteiger partial charge in [-0.2, -0.15) is 13.5 Å². The summed E-state index contributed by atoms with van der Waals surface area (Å²) in [5.41, 5.74) is 22.4. The Bertz CT molecular complexity index is 4970. The third-order valence-corrected chi connectivity index (χ3v) is 28.2. The third kappa shape index (κ3) is 32.5. The summed E-state index contributed by atoms with van der Waals surface area (Å²) in [5, 5.41) is 29.9. The van der Waals surface area contributed by atoms with Gasteiger partial charge in [-0.3, -0.25) is 57.8 Å². The van der Waals surface area contributed by atoms with E-state index in [4.69, 9.17) is 58.4 Å². The van der Waals surface area contributed by atoms with Gasteiger partial charge in [0.05, 0.1) is 135 Å². The van der Waals surface area contributed by atoms with Crippen molar-refractivity contribution in [2.75, 3.05) is 160 Å². The average molecular weight is 1930 g/mol. The highest BCUT2D eigenvalue weighted by molar-refractivity contribution is 7.85. The van der Waals surface area contributed by atoms with Gasteiger partial charge in [0.2, 0.25) is 59.1 Å². The number of ether oxygens (including phenoxy) is 9. The van der Waals surface area contributed by atoms with Crippen LogP contribution in [0.2, 0.25) is 0 Å². The van der Waals surface area contributed by atoms with Gasteiger partial charge in [0, 0.05) is 80.1 Å². The number of fused-ring (bicyclic) bond motifs is 8. The summed E-state index contributed by atoms with van der Waals surface area (Å²) in [4.78, 5) is 140. The van der Waals surface area contributed by atoms with E-state index in [1.807, 2.05) is 79.7 Å². The van der Waals surface area contributed by atoms with Crippen molar-refractivity contribution in [1.29, 1.82) is 5.53 Å². The first kappa shape index (κ1) is 109. The van der Waals surface area contributed by atoms with E-state index in [1.54, 1.807) is 25.7 Å². The molecule has 4 aromatic carbocycles. The van der Waals surface area contributed by atoms with Crippen molar-refractivity contribution in [2.45, 2.75) is 231 Å². The van der Waals surface area contributed by atoms with E-state index in [0.29, 0.717) is 114 Å². The highest BCUT2D eigenvalue weighted by Crippen LogP contribution is 2.60. The Morgan fingerprint density at radius 1 is 0.526 bits per heavy atom. The van der Waals surface area contributed by atoms with Gasteiger partial charge in [-0.25, -0.2) is 5.53 Å². The Morgan fingerprint density at radius 3 is 1.68 bits per heavy atom. The second-order valence-electron chi connectivity index (χ2n) is 37.6. The lowest BCUT2D eigenvalue weighted by Gasteiger charge is -2.56. The minimum atomic E-state index is -4.16. The summed E-state index contributed by atoms with van der Waals surface area (Å²) in [6.45, 7) is 18.2. The molecule has 4 aromatic rings. The number of hydrogen-bond acceptors (Lipinski definition) is 25. The SMILES string of the molecule is CC(C)[C@H](NC(=O)[C@@H](CCCCNC(=O)COC1CCCCC/C(NCCOCCOCCOCCOCCC(=O)NCCS(=O)(=O)O)=C\1N=N)NC(=O)CCOCCOCCOCCOCCNC(=O)CCC(=O)N1Cc2ccccc2C#Cc2ccccc21)C(=O)N[C@@H](C)C(=O)Nc1ccc2c(c1)[C@@]1(C)CCC[C@](C)(C(=O)NC(=O)[C@@]3(C)CCC[C@]4(C)c5cc(N)ccc5CC[C@@H]34)C1CC2. The normalized spacial score (nSPS) is 21.7. The number of nitrogens with zero attached hydrogens (tertiary/aromatic N) is 2. The van der Waals surface area contributed by atoms with E-state index in [9.17, 15) is 51.6 Å². The number of hydrogen-bond donors (Lipinski definition) is 12. The van der Waals surface area contributed by atoms with Crippen molar-refractivity contribution in [3.8, 4) is 11.8 Å². The van der Waals surface area contributed by atoms with Crippen LogP contribution in [0.3, 0.4) is 0 Å². The Balaban J connectivity index is 0.653. The summed E-state index contributed by atoms with van der Waals surface area (Å²) in [6, 6.07) is 23.8. The van der Waals surface area contributed by atoms with Gasteiger partial charge in [0.25, 0.3) is 10.1 Å². The molecule has 1 heterocycles. The number of nitrogens with two attached hydrogens (primary N) is 1. The minimum Gasteiger partial charge on any atom is -0.399 e. The lowest BCUT2D eigenvalue weighted by atomic mass is 9.49. The van der Waals surface area contributed by atoms with E-state index in [-0.39, 0.29) is 172 Å². The van der Waals surface area contributed by atoms with Crippen LogP contribution in [0.1, 0.15) is 216 Å². The summed E-state index contributed by atoms with van der Waals surface area (Å²) >= 11 is 0. The number of anilines is 3. The van der Waals surface area contributed by atoms with E-state index < -0.39 is 97.7 Å². The maximum absolute atomic E-state index is 15.0. The topological polar surface area (TPSA) is 482 Å². The molecule has 36 heteroatoms. The molecule has 0 spiro atoms. The first-order chi connectivity index (χ1) is 65.8. The second-order valence-corrected chi connectivity index (χ2v) is 39.2. The van der Waals surface area contributed by atoms with Gasteiger partial charge in [-0.1, -0.05) is 122 Å². The van der Waals surface area contributed by atoms with Crippen molar-refractivity contribution in [3.05, 3.63) is 135 Å². The number of rotatable bonds is 56. The standard InChI is InChI=1S/C101H145N13O22S/c1-69(2)91(95(122)108-70(3)93(120)109-77-33-29-73-31-35-85-99(5,79(73)66-77)41-18-43-101(85,7)97(124)112-96(123)100(6)42-17-40-98(4)78-65-76(102)32-28-72(78)30-34-84(98)100)111-94(121)81(110-88(117)39-49-129-53-57-133-61-63-135-59-55-131-51-46-106-86(115)36-37-90(119)114-67-75-21-12-11-19-71(75)26-27-74-20-13-14-24-82(74)114)23-15-16-44-105-89(118)68-136-83-25-10-8-9-22-80(92(83)113-103)104-45-50-130-54-58-134-62-60-132-56-52-128-48-38-87(116)107-47-64-137(125,126)127/h11-14,19-21,24,28-29,32-33,65-66,69-70,81,83-85,91,103-104H,8-10,15-18,22-23,25,30-31,34-64,67-68,102H2,1-7H3,(H,105,118)(H,106,115)(H,107,116)(H,108,122)(H,109,120)(H,110,117)(H,111,121)(H,112,123,124)(H,125,126,127)/b92-80-,113-103?/t70-,81+,83?,84+,85?,91-,98+,99+,100-,101-/m0/s1. The summed E-state index contributed by atoms with van der Waals surface area (Å²) in [6.07, 6.45) is 11.6. The molecule has 2 saturated carbocycles. The number of carbonyl (C=O) groups is 10. The molecular formula is C101H145N13O22S. The molecule has 10 atom stereocenters. The molecule has 2 fully saturated rings. The van der Waals surface area contributed by atoms with Crippen LogP contribution in [0.15, 0.2) is 101 Å². The van der Waals surface area contributed by atoms with Crippen LogP contribution in [0, 0.1) is 46.0 Å². The molecule has 2 unspecified atom stereocenters. The average Bonchev–Trinajstić information content (AvgIpc) is 0.717. The highest BCUT2D eigenvalue weighted by atomic mass is 32.2. The molecule has 137 heavy (non-hydrogen) atoms. The minimum absolute atomic E-state index is 0.0108. The van der Waals surface area contributed by atoms with Crippen LogP contribution >= 0.6 is 0 Å². The molecule has 10 rings (SSSR count).